The van der Waals surface area contributed by atoms with Gasteiger partial charge in [0.15, 0.2) is 5.65 Å². The summed E-state index contributed by atoms with van der Waals surface area (Å²) in [5, 5.41) is 15.6. The number of nitrogens with one attached hydrogen (secondary N) is 1. The number of aromatic nitrogens is 3. The maximum Gasteiger partial charge on any atom is 0.394 e. The van der Waals surface area contributed by atoms with Gasteiger partial charge < -0.3 is 10.0 Å². The molecule has 0 saturated carbocycles. The number of hydrogen-bond acceptors (Lipinski definition) is 4. The predicted octanol–water partition coefficient (Wildman–Crippen LogP) is 2.11. The summed E-state index contributed by atoms with van der Waals surface area (Å²) in [7, 11) is 0. The molecule has 2 aromatic rings. The molecule has 2 N–H and O–H groups in total. The Morgan fingerprint density at radius 3 is 2.68 bits per heavy atom. The van der Waals surface area contributed by atoms with Gasteiger partial charge in [0.25, 0.3) is 5.95 Å². The first-order valence-electron chi connectivity index (χ1n) is 7.02. The molecule has 0 unspecified atom stereocenters. The lowest BCUT2D eigenvalue weighted by Gasteiger charge is -2.18. The third-order valence-corrected chi connectivity index (χ3v) is 4.10. The fraction of sp³-hybridized carbons (Fsp3) is 0.385. The molecular weight excluding hydrogens is 367 g/mol. The number of carbonyl (C=O) groups is 2. The number of halogens is 4. The highest BCUT2D eigenvalue weighted by Crippen LogP contribution is 2.37. The quantitative estimate of drug-likeness (QED) is 0.835. The van der Waals surface area contributed by atoms with Crippen LogP contribution in [0.25, 0.3) is 5.65 Å². The maximum atomic E-state index is 12.9. The minimum Gasteiger partial charge on any atom is -0.481 e. The lowest BCUT2D eigenvalue weighted by molar-refractivity contribution is -0.187. The molecule has 0 aromatic carbocycles. The lowest BCUT2D eigenvalue weighted by atomic mass is 9.96. The number of urea groups is 1. The molecule has 25 heavy (non-hydrogen) atoms. The molecule has 0 aliphatic carbocycles. The number of carboxylic acid groups (broad SMARTS) is 1. The van der Waals surface area contributed by atoms with Gasteiger partial charge in [-0.15, -0.1) is 5.10 Å². The zero-order chi connectivity index (χ0) is 18.4. The average molecular weight is 378 g/mol. The average Bonchev–Trinajstić information content (AvgIpc) is 3.09. The van der Waals surface area contributed by atoms with Gasteiger partial charge in [0.05, 0.1) is 11.8 Å². The number of carboxylic acids is 1. The van der Waals surface area contributed by atoms with Gasteiger partial charge in [-0.3, -0.25) is 10.1 Å². The van der Waals surface area contributed by atoms with E-state index in [9.17, 15) is 22.8 Å². The highest BCUT2D eigenvalue weighted by Gasteiger charge is 2.53. The largest absolute Gasteiger partial charge is 0.481 e. The van der Waals surface area contributed by atoms with Crippen molar-refractivity contribution in [1.29, 1.82) is 0 Å². The molecule has 1 aliphatic rings. The molecule has 3 heterocycles. The second-order valence-electron chi connectivity index (χ2n) is 5.51. The molecule has 0 radical (unpaired) electrons. The number of anilines is 1. The maximum absolute atomic E-state index is 12.9. The van der Waals surface area contributed by atoms with Crippen LogP contribution in [0.2, 0.25) is 5.02 Å². The van der Waals surface area contributed by atoms with E-state index < -0.39 is 43.1 Å². The zero-order valence-electron chi connectivity index (χ0n) is 12.4. The Bertz CT molecular complexity index is 840. The van der Waals surface area contributed by atoms with Crippen molar-refractivity contribution in [3.05, 3.63) is 23.4 Å². The van der Waals surface area contributed by atoms with Crippen LogP contribution in [0.1, 0.15) is 0 Å². The second kappa shape index (κ2) is 6.06. The van der Waals surface area contributed by atoms with Crippen LogP contribution in [0.4, 0.5) is 23.9 Å². The summed E-state index contributed by atoms with van der Waals surface area (Å²) < 4.78 is 40.2. The summed E-state index contributed by atoms with van der Waals surface area (Å²) in [5.41, 5.74) is 0.334. The minimum atomic E-state index is -4.71. The van der Waals surface area contributed by atoms with E-state index in [0.717, 1.165) is 4.90 Å². The number of nitrogens with zero attached hydrogens (tertiary/aromatic N) is 4. The smallest absolute Gasteiger partial charge is 0.394 e. The monoisotopic (exact) mass is 377 g/mol. The van der Waals surface area contributed by atoms with Crippen molar-refractivity contribution in [3.63, 3.8) is 0 Å². The molecule has 1 fully saturated rings. The van der Waals surface area contributed by atoms with Gasteiger partial charge in [0.1, 0.15) is 0 Å². The normalized spacial score (nSPS) is 20.9. The van der Waals surface area contributed by atoms with Crippen molar-refractivity contribution in [2.45, 2.75) is 6.18 Å². The number of pyridine rings is 1. The molecule has 0 spiro atoms. The summed E-state index contributed by atoms with van der Waals surface area (Å²) in [6, 6.07) is 2.13. The summed E-state index contributed by atoms with van der Waals surface area (Å²) in [6.07, 6.45) is -3.22. The number of likely N-dealkylation sites (tertiary alicyclic amines) is 1. The van der Waals surface area contributed by atoms with Crippen LogP contribution in [-0.4, -0.2) is 55.9 Å². The van der Waals surface area contributed by atoms with Gasteiger partial charge in [-0.2, -0.15) is 18.2 Å². The van der Waals surface area contributed by atoms with Crippen LogP contribution in [0.15, 0.2) is 18.3 Å². The Labute approximate surface area is 143 Å². The second-order valence-corrected chi connectivity index (χ2v) is 5.95. The lowest BCUT2D eigenvalue weighted by Crippen LogP contribution is -2.35. The number of alkyl halides is 3. The number of rotatable bonds is 2. The van der Waals surface area contributed by atoms with E-state index in [-0.39, 0.29) is 5.95 Å². The molecule has 0 bridgehead atoms. The van der Waals surface area contributed by atoms with Crippen LogP contribution in [-0.2, 0) is 4.79 Å². The highest BCUT2D eigenvalue weighted by atomic mass is 35.5. The van der Waals surface area contributed by atoms with Gasteiger partial charge in [-0.25, -0.2) is 9.31 Å². The Morgan fingerprint density at radius 1 is 1.36 bits per heavy atom. The van der Waals surface area contributed by atoms with Crippen molar-refractivity contribution < 1.29 is 27.9 Å². The highest BCUT2D eigenvalue weighted by molar-refractivity contribution is 6.30. The first kappa shape index (κ1) is 17.3. The fourth-order valence-corrected chi connectivity index (χ4v) is 2.79. The Morgan fingerprint density at radius 2 is 2.08 bits per heavy atom. The summed E-state index contributed by atoms with van der Waals surface area (Å²) >= 11 is 5.80. The molecule has 1 aliphatic heterocycles. The van der Waals surface area contributed by atoms with E-state index in [1.807, 2.05) is 0 Å². The molecule has 3 rings (SSSR count). The number of carbonyl (C=O) groups excluding carboxylic acids is 1. The van der Waals surface area contributed by atoms with E-state index in [0.29, 0.717) is 10.7 Å². The Kier molecular flexibility index (Phi) is 4.19. The number of fused-ring (bicyclic) bond motifs is 1. The predicted molar refractivity (Wildman–Crippen MR) is 79.3 cm³/mol. The van der Waals surface area contributed by atoms with E-state index in [4.69, 9.17) is 16.7 Å². The fourth-order valence-electron chi connectivity index (χ4n) is 2.64. The molecule has 8 nitrogen and oxygen atoms in total. The van der Waals surface area contributed by atoms with Crippen LogP contribution in [0, 0.1) is 11.8 Å². The zero-order valence-corrected chi connectivity index (χ0v) is 13.1. The minimum absolute atomic E-state index is 0.130. The molecule has 2 atom stereocenters. The van der Waals surface area contributed by atoms with Gasteiger partial charge in [-0.05, 0) is 6.07 Å². The summed E-state index contributed by atoms with van der Waals surface area (Å²) in [5.74, 6) is -5.56. The van der Waals surface area contributed by atoms with E-state index in [2.05, 4.69) is 15.4 Å². The van der Waals surface area contributed by atoms with Crippen molar-refractivity contribution in [2.75, 3.05) is 18.4 Å². The molecule has 12 heteroatoms. The third kappa shape index (κ3) is 3.45. The topological polar surface area (TPSA) is 99.8 Å². The van der Waals surface area contributed by atoms with Gasteiger partial charge in [0.2, 0.25) is 0 Å². The van der Waals surface area contributed by atoms with Crippen molar-refractivity contribution in [2.24, 2.45) is 11.8 Å². The van der Waals surface area contributed by atoms with E-state index in [1.54, 1.807) is 6.07 Å². The molecule has 134 valence electrons. The van der Waals surface area contributed by atoms with E-state index in [1.165, 1.54) is 16.8 Å². The van der Waals surface area contributed by atoms with Gasteiger partial charge in [0, 0.05) is 30.4 Å². The summed E-state index contributed by atoms with van der Waals surface area (Å²) in [4.78, 5) is 27.9. The Balaban J connectivity index is 1.75. The first-order chi connectivity index (χ1) is 11.6. The molecule has 1 saturated heterocycles. The number of hydrogen-bond donors (Lipinski definition) is 2. The van der Waals surface area contributed by atoms with Gasteiger partial charge >= 0.3 is 18.2 Å². The number of aliphatic carboxylic acids is 1. The number of amides is 2. The standard InChI is InChI=1S/C13H11ClF3N5O3/c14-6-1-2-22-9(3-6)18-11(20-22)19-12(25)21-4-7(10(23)24)8(5-21)13(15,16)17/h1-3,7-8H,4-5H2,(H,23,24)(H,19,20,25)/t7-,8-/m1/s1. The third-order valence-electron chi connectivity index (χ3n) is 3.86. The van der Waals surface area contributed by atoms with E-state index >= 15 is 0 Å². The molecule has 2 aromatic heterocycles. The van der Waals surface area contributed by atoms with Crippen molar-refractivity contribution >= 4 is 35.2 Å². The van der Waals surface area contributed by atoms with Crippen LogP contribution in [0.5, 0.6) is 0 Å². The van der Waals surface area contributed by atoms with Crippen LogP contribution < -0.4 is 5.32 Å². The first-order valence-corrected chi connectivity index (χ1v) is 7.40. The summed E-state index contributed by atoms with van der Waals surface area (Å²) in [6.45, 7) is -1.30. The van der Waals surface area contributed by atoms with Gasteiger partial charge in [-0.1, -0.05) is 11.6 Å². The van der Waals surface area contributed by atoms with Crippen molar-refractivity contribution in [3.8, 4) is 0 Å². The Hall–Kier alpha value is -2.56. The van der Waals surface area contributed by atoms with Crippen molar-refractivity contribution in [1.82, 2.24) is 19.5 Å². The molecular formula is C13H11ClF3N5O3. The van der Waals surface area contributed by atoms with Crippen LogP contribution in [0.3, 0.4) is 0 Å². The SMILES string of the molecule is O=C(O)[C@@H]1CN(C(=O)Nc2nc3cc(Cl)ccn3n2)C[C@H]1C(F)(F)F. The van der Waals surface area contributed by atoms with Crippen LogP contribution >= 0.6 is 11.6 Å². The molecule has 2 amide bonds.